The molecule has 2 rings (SSSR count). The van der Waals surface area contributed by atoms with Gasteiger partial charge in [-0.15, -0.1) is 0 Å². The van der Waals surface area contributed by atoms with Gasteiger partial charge in [0.15, 0.2) is 0 Å². The van der Waals surface area contributed by atoms with Crippen LogP contribution >= 0.6 is 0 Å². The lowest BCUT2D eigenvalue weighted by Crippen LogP contribution is -2.13. The van der Waals surface area contributed by atoms with Crippen LogP contribution in [0, 0.1) is 13.8 Å². The van der Waals surface area contributed by atoms with E-state index in [4.69, 9.17) is 5.73 Å². The van der Waals surface area contributed by atoms with Gasteiger partial charge in [-0.1, -0.05) is 0 Å². The van der Waals surface area contributed by atoms with Crippen molar-refractivity contribution in [3.05, 3.63) is 30.0 Å². The van der Waals surface area contributed by atoms with Crippen molar-refractivity contribution in [3.8, 4) is 0 Å². The second-order valence-corrected chi connectivity index (χ2v) is 3.91. The number of nitrogens with zero attached hydrogens (tertiary/aromatic N) is 4. The summed E-state index contributed by atoms with van der Waals surface area (Å²) in [5, 5.41) is 7.34. The van der Waals surface area contributed by atoms with Crippen molar-refractivity contribution in [2.75, 3.05) is 17.6 Å². The second-order valence-electron chi connectivity index (χ2n) is 3.91. The molecule has 0 spiro atoms. The standard InChI is InChI=1S/C11H16N6/c1-8-5-14-9(2)11(16-8)13-3-4-17-7-10(12)6-15-17/h5-7H,3-4,12H2,1-2H3,(H,13,16). The third-order valence-electron chi connectivity index (χ3n) is 2.36. The maximum atomic E-state index is 5.58. The SMILES string of the molecule is Cc1cnc(C)c(NCCn2cc(N)cn2)n1. The zero-order valence-corrected chi connectivity index (χ0v) is 10.0. The third-order valence-corrected chi connectivity index (χ3v) is 2.36. The van der Waals surface area contributed by atoms with Gasteiger partial charge in [-0.3, -0.25) is 9.67 Å². The largest absolute Gasteiger partial charge is 0.396 e. The number of nitrogens with two attached hydrogens (primary N) is 1. The topological polar surface area (TPSA) is 81.7 Å². The van der Waals surface area contributed by atoms with Crippen molar-refractivity contribution in [1.29, 1.82) is 0 Å². The van der Waals surface area contributed by atoms with E-state index >= 15 is 0 Å². The quantitative estimate of drug-likeness (QED) is 0.821. The highest BCUT2D eigenvalue weighted by Gasteiger charge is 2.01. The highest BCUT2D eigenvalue weighted by atomic mass is 15.3. The molecule has 0 aliphatic carbocycles. The normalized spacial score (nSPS) is 10.5. The van der Waals surface area contributed by atoms with Gasteiger partial charge >= 0.3 is 0 Å². The maximum Gasteiger partial charge on any atom is 0.147 e. The minimum absolute atomic E-state index is 0.677. The molecule has 0 bridgehead atoms. The molecule has 0 fully saturated rings. The first-order valence-electron chi connectivity index (χ1n) is 5.47. The average molecular weight is 232 g/mol. The van der Waals surface area contributed by atoms with Crippen molar-refractivity contribution in [2.45, 2.75) is 20.4 Å². The molecule has 3 N–H and O–H groups in total. The van der Waals surface area contributed by atoms with Gasteiger partial charge in [-0.25, -0.2) is 4.98 Å². The Hall–Kier alpha value is -2.11. The van der Waals surface area contributed by atoms with E-state index in [1.54, 1.807) is 23.3 Å². The van der Waals surface area contributed by atoms with E-state index < -0.39 is 0 Å². The lowest BCUT2D eigenvalue weighted by Gasteiger charge is -2.08. The van der Waals surface area contributed by atoms with Crippen molar-refractivity contribution in [2.24, 2.45) is 0 Å². The molecular weight excluding hydrogens is 216 g/mol. The lowest BCUT2D eigenvalue weighted by molar-refractivity contribution is 0.636. The van der Waals surface area contributed by atoms with E-state index in [1.807, 2.05) is 13.8 Å². The molecular formula is C11H16N6. The third kappa shape index (κ3) is 2.93. The summed E-state index contributed by atoms with van der Waals surface area (Å²) in [6.45, 7) is 5.33. The fraction of sp³-hybridized carbons (Fsp3) is 0.364. The van der Waals surface area contributed by atoms with Crippen molar-refractivity contribution in [3.63, 3.8) is 0 Å². The van der Waals surface area contributed by atoms with Gasteiger partial charge in [0.1, 0.15) is 5.82 Å². The molecule has 0 saturated carbocycles. The van der Waals surface area contributed by atoms with Gasteiger partial charge in [0.05, 0.1) is 29.8 Å². The molecule has 90 valence electrons. The minimum atomic E-state index is 0.677. The molecule has 6 nitrogen and oxygen atoms in total. The Balaban J connectivity index is 1.91. The predicted octanol–water partition coefficient (Wildman–Crippen LogP) is 0.984. The van der Waals surface area contributed by atoms with Crippen molar-refractivity contribution < 1.29 is 0 Å². The summed E-state index contributed by atoms with van der Waals surface area (Å²) in [4.78, 5) is 8.62. The summed E-state index contributed by atoms with van der Waals surface area (Å²) >= 11 is 0. The lowest BCUT2D eigenvalue weighted by atomic mass is 10.4. The van der Waals surface area contributed by atoms with Crippen LogP contribution < -0.4 is 11.1 Å². The van der Waals surface area contributed by atoms with Crippen LogP contribution in [0.15, 0.2) is 18.6 Å². The molecule has 0 aliphatic heterocycles. The van der Waals surface area contributed by atoms with Crippen LogP contribution in [-0.2, 0) is 6.54 Å². The van der Waals surface area contributed by atoms with Gasteiger partial charge in [0.25, 0.3) is 0 Å². The molecule has 17 heavy (non-hydrogen) atoms. The highest BCUT2D eigenvalue weighted by molar-refractivity contribution is 5.39. The molecule has 0 amide bonds. The van der Waals surface area contributed by atoms with Gasteiger partial charge in [0.2, 0.25) is 0 Å². The molecule has 0 aliphatic rings. The Kier molecular flexibility index (Phi) is 3.22. The van der Waals surface area contributed by atoms with Gasteiger partial charge < -0.3 is 11.1 Å². The first-order valence-corrected chi connectivity index (χ1v) is 5.47. The average Bonchev–Trinajstić information content (AvgIpc) is 2.69. The Morgan fingerprint density at radius 3 is 2.88 bits per heavy atom. The number of rotatable bonds is 4. The van der Waals surface area contributed by atoms with Gasteiger partial charge in [-0.05, 0) is 13.8 Å². The zero-order valence-electron chi connectivity index (χ0n) is 10.0. The van der Waals surface area contributed by atoms with Crippen LogP contribution in [-0.4, -0.2) is 26.3 Å². The van der Waals surface area contributed by atoms with Crippen LogP contribution in [0.3, 0.4) is 0 Å². The number of nitrogens with one attached hydrogen (secondary N) is 1. The Labute approximate surface area is 99.9 Å². The van der Waals surface area contributed by atoms with Crippen molar-refractivity contribution in [1.82, 2.24) is 19.7 Å². The molecule has 2 aromatic rings. The first-order chi connectivity index (χ1) is 8.15. The smallest absolute Gasteiger partial charge is 0.147 e. The monoisotopic (exact) mass is 232 g/mol. The predicted molar refractivity (Wildman–Crippen MR) is 66.6 cm³/mol. The van der Waals surface area contributed by atoms with Gasteiger partial charge in [0, 0.05) is 18.9 Å². The van der Waals surface area contributed by atoms with Crippen LogP contribution in [0.5, 0.6) is 0 Å². The second kappa shape index (κ2) is 4.82. The van der Waals surface area contributed by atoms with Crippen LogP contribution in [0.1, 0.15) is 11.4 Å². The Bertz CT molecular complexity index is 504. The van der Waals surface area contributed by atoms with E-state index in [2.05, 4.69) is 20.4 Å². The number of hydrogen-bond donors (Lipinski definition) is 2. The molecule has 2 aromatic heterocycles. The summed E-state index contributed by atoms with van der Waals surface area (Å²) in [6.07, 6.45) is 5.20. The molecule has 0 saturated heterocycles. The van der Waals surface area contributed by atoms with Crippen LogP contribution in [0.2, 0.25) is 0 Å². The Morgan fingerprint density at radius 2 is 2.18 bits per heavy atom. The fourth-order valence-corrected chi connectivity index (χ4v) is 1.50. The number of anilines is 2. The summed E-state index contributed by atoms with van der Waals surface area (Å²) in [7, 11) is 0. The molecule has 0 aromatic carbocycles. The Morgan fingerprint density at radius 1 is 1.35 bits per heavy atom. The summed E-state index contributed by atoms with van der Waals surface area (Å²) in [5.41, 5.74) is 8.06. The number of aromatic nitrogens is 4. The van der Waals surface area contributed by atoms with E-state index in [0.29, 0.717) is 5.69 Å². The first kappa shape index (κ1) is 11.4. The number of aryl methyl sites for hydroxylation is 2. The minimum Gasteiger partial charge on any atom is -0.396 e. The zero-order chi connectivity index (χ0) is 12.3. The molecule has 0 radical (unpaired) electrons. The van der Waals surface area contributed by atoms with Gasteiger partial charge in [-0.2, -0.15) is 5.10 Å². The molecule has 6 heteroatoms. The molecule has 2 heterocycles. The van der Waals surface area contributed by atoms with Crippen LogP contribution in [0.4, 0.5) is 11.5 Å². The van der Waals surface area contributed by atoms with Crippen molar-refractivity contribution >= 4 is 11.5 Å². The molecule has 0 unspecified atom stereocenters. The maximum absolute atomic E-state index is 5.58. The van der Waals surface area contributed by atoms with Crippen LogP contribution in [0.25, 0.3) is 0 Å². The number of nitrogen functional groups attached to an aromatic ring is 1. The van der Waals surface area contributed by atoms with E-state index in [1.165, 1.54) is 0 Å². The fourth-order valence-electron chi connectivity index (χ4n) is 1.50. The highest BCUT2D eigenvalue weighted by Crippen LogP contribution is 2.08. The van der Waals surface area contributed by atoms with E-state index in [-0.39, 0.29) is 0 Å². The molecule has 0 atom stereocenters. The number of hydrogen-bond acceptors (Lipinski definition) is 5. The summed E-state index contributed by atoms with van der Waals surface area (Å²) < 4.78 is 1.79. The summed E-state index contributed by atoms with van der Waals surface area (Å²) in [6, 6.07) is 0. The van der Waals surface area contributed by atoms with E-state index in [0.717, 1.165) is 30.3 Å². The summed E-state index contributed by atoms with van der Waals surface area (Å²) in [5.74, 6) is 0.824. The van der Waals surface area contributed by atoms with E-state index in [9.17, 15) is 0 Å².